The monoisotopic (exact) mass is 322 g/mol. The van der Waals surface area contributed by atoms with E-state index in [1.807, 2.05) is 0 Å². The second-order valence-electron chi connectivity index (χ2n) is 4.22. The van der Waals surface area contributed by atoms with Crippen LogP contribution in [0.5, 0.6) is 0 Å². The summed E-state index contributed by atoms with van der Waals surface area (Å²) >= 11 is 3.19. The molecule has 1 aromatic heterocycles. The fourth-order valence-corrected chi connectivity index (χ4v) is 2.41. The number of hydrogen-bond acceptors (Lipinski definition) is 3. The van der Waals surface area contributed by atoms with E-state index < -0.39 is 4.92 Å². The van der Waals surface area contributed by atoms with Crippen molar-refractivity contribution in [1.29, 1.82) is 0 Å². The quantitative estimate of drug-likeness (QED) is 0.630. The molecule has 0 aliphatic rings. The highest BCUT2D eigenvalue weighted by Crippen LogP contribution is 2.24. The van der Waals surface area contributed by atoms with Gasteiger partial charge in [0.15, 0.2) is 0 Å². The van der Waals surface area contributed by atoms with E-state index in [2.05, 4.69) is 15.9 Å². The van der Waals surface area contributed by atoms with E-state index in [1.165, 1.54) is 16.7 Å². The molecule has 0 aliphatic carbocycles. The first-order chi connectivity index (χ1) is 8.91. The number of rotatable bonds is 2. The fraction of sp³-hybridized carbons (Fsp3) is 0.154. The molecule has 0 saturated carbocycles. The summed E-state index contributed by atoms with van der Waals surface area (Å²) in [5.74, 6) is 0. The Balaban J connectivity index is 2.74. The molecule has 0 amide bonds. The Kier molecular flexibility index (Phi) is 3.53. The third-order valence-corrected chi connectivity index (χ3v) is 3.43. The summed E-state index contributed by atoms with van der Waals surface area (Å²) in [4.78, 5) is 22.4. The summed E-state index contributed by atoms with van der Waals surface area (Å²) in [7, 11) is 0. The zero-order valence-corrected chi connectivity index (χ0v) is 12.0. The van der Waals surface area contributed by atoms with Gasteiger partial charge >= 0.3 is 0 Å². The van der Waals surface area contributed by atoms with Gasteiger partial charge in [-0.1, -0.05) is 0 Å². The van der Waals surface area contributed by atoms with Crippen LogP contribution in [0.4, 0.5) is 5.69 Å². The molecule has 0 atom stereocenters. The number of nitro groups is 1. The van der Waals surface area contributed by atoms with Gasteiger partial charge in [0.1, 0.15) is 0 Å². The minimum Gasteiger partial charge on any atom is -0.283 e. The molecule has 5 nitrogen and oxygen atoms in total. The number of aromatic nitrogens is 1. The fourth-order valence-electron chi connectivity index (χ4n) is 2.06. The second-order valence-corrected chi connectivity index (χ2v) is 5.07. The first kappa shape index (κ1) is 13.5. The molecule has 0 unspecified atom stereocenters. The molecule has 0 N–H and O–H groups in total. The molecular formula is C13H11BrN2O3. The van der Waals surface area contributed by atoms with Crippen molar-refractivity contribution in [2.24, 2.45) is 0 Å². The average Bonchev–Trinajstić information content (AvgIpc) is 2.33. The third-order valence-electron chi connectivity index (χ3n) is 2.83. The van der Waals surface area contributed by atoms with E-state index in [0.29, 0.717) is 21.3 Å². The van der Waals surface area contributed by atoms with E-state index in [-0.39, 0.29) is 11.2 Å². The van der Waals surface area contributed by atoms with Crippen LogP contribution in [-0.2, 0) is 0 Å². The van der Waals surface area contributed by atoms with Crippen molar-refractivity contribution in [3.63, 3.8) is 0 Å². The van der Waals surface area contributed by atoms with Gasteiger partial charge in [0.2, 0.25) is 0 Å². The molecule has 0 spiro atoms. The molecule has 0 saturated heterocycles. The first-order valence-corrected chi connectivity index (χ1v) is 6.34. The SMILES string of the molecule is Cc1cc([N+](=O)[O-])cc(C)c1-n1cccc(Br)c1=O. The van der Waals surface area contributed by atoms with Gasteiger partial charge in [-0.3, -0.25) is 19.5 Å². The molecule has 98 valence electrons. The van der Waals surface area contributed by atoms with Crippen molar-refractivity contribution >= 4 is 21.6 Å². The van der Waals surface area contributed by atoms with Crippen molar-refractivity contribution in [3.05, 3.63) is 66.5 Å². The van der Waals surface area contributed by atoms with Crippen molar-refractivity contribution in [1.82, 2.24) is 4.57 Å². The molecule has 2 aromatic rings. The molecule has 1 heterocycles. The summed E-state index contributed by atoms with van der Waals surface area (Å²) in [6.45, 7) is 3.51. The molecule has 2 rings (SSSR count). The van der Waals surface area contributed by atoms with Crippen molar-refractivity contribution in [2.75, 3.05) is 0 Å². The van der Waals surface area contributed by atoms with Gasteiger partial charge in [-0.2, -0.15) is 0 Å². The first-order valence-electron chi connectivity index (χ1n) is 5.55. The van der Waals surface area contributed by atoms with E-state index in [4.69, 9.17) is 0 Å². The summed E-state index contributed by atoms with van der Waals surface area (Å²) in [6.07, 6.45) is 1.65. The predicted molar refractivity (Wildman–Crippen MR) is 75.9 cm³/mol. The summed E-state index contributed by atoms with van der Waals surface area (Å²) < 4.78 is 1.94. The Hall–Kier alpha value is -1.95. The van der Waals surface area contributed by atoms with Crippen LogP contribution in [0.25, 0.3) is 5.69 Å². The topological polar surface area (TPSA) is 65.1 Å². The number of benzene rings is 1. The summed E-state index contributed by atoms with van der Waals surface area (Å²) in [6, 6.07) is 6.34. The van der Waals surface area contributed by atoms with Gasteiger partial charge in [-0.05, 0) is 53.0 Å². The molecule has 0 radical (unpaired) electrons. The zero-order chi connectivity index (χ0) is 14.2. The number of non-ortho nitro benzene ring substituents is 1. The van der Waals surface area contributed by atoms with Gasteiger partial charge in [-0.25, -0.2) is 0 Å². The van der Waals surface area contributed by atoms with Gasteiger partial charge in [0, 0.05) is 18.3 Å². The Morgan fingerprint density at radius 3 is 2.37 bits per heavy atom. The third kappa shape index (κ3) is 2.44. The van der Waals surface area contributed by atoms with Crippen LogP contribution in [-0.4, -0.2) is 9.49 Å². The minimum absolute atomic E-state index is 0.0294. The Bertz CT molecular complexity index is 699. The number of hydrogen-bond donors (Lipinski definition) is 0. The van der Waals surface area contributed by atoms with Gasteiger partial charge < -0.3 is 0 Å². The number of aryl methyl sites for hydroxylation is 2. The van der Waals surface area contributed by atoms with Crippen molar-refractivity contribution < 1.29 is 4.92 Å². The Morgan fingerprint density at radius 2 is 1.84 bits per heavy atom. The van der Waals surface area contributed by atoms with Crippen molar-refractivity contribution in [2.45, 2.75) is 13.8 Å². The van der Waals surface area contributed by atoms with Crippen LogP contribution in [0.2, 0.25) is 0 Å². The van der Waals surface area contributed by atoms with Gasteiger partial charge in [-0.15, -0.1) is 0 Å². The molecule has 0 fully saturated rings. The van der Waals surface area contributed by atoms with Gasteiger partial charge in [0.05, 0.1) is 15.1 Å². The maximum absolute atomic E-state index is 12.1. The van der Waals surface area contributed by atoms with Crippen LogP contribution in [0, 0.1) is 24.0 Å². The van der Waals surface area contributed by atoms with E-state index in [0.717, 1.165) is 0 Å². The lowest BCUT2D eigenvalue weighted by atomic mass is 10.1. The number of halogens is 1. The number of nitrogens with zero attached hydrogens (tertiary/aromatic N) is 2. The maximum Gasteiger partial charge on any atom is 0.270 e. The van der Waals surface area contributed by atoms with Crippen molar-refractivity contribution in [3.8, 4) is 5.69 Å². The second kappa shape index (κ2) is 4.97. The van der Waals surface area contributed by atoms with E-state index in [9.17, 15) is 14.9 Å². The highest BCUT2D eigenvalue weighted by Gasteiger charge is 2.14. The van der Waals surface area contributed by atoms with Crippen LogP contribution < -0.4 is 5.56 Å². The smallest absolute Gasteiger partial charge is 0.270 e. The largest absolute Gasteiger partial charge is 0.283 e. The van der Waals surface area contributed by atoms with Crippen LogP contribution in [0.15, 0.2) is 39.7 Å². The standard InChI is InChI=1S/C13H11BrN2O3/c1-8-6-10(16(18)19)7-9(2)12(8)15-5-3-4-11(14)13(15)17/h3-7H,1-2H3. The number of nitro benzene ring substituents is 1. The maximum atomic E-state index is 12.1. The van der Waals surface area contributed by atoms with Crippen LogP contribution >= 0.6 is 15.9 Å². The van der Waals surface area contributed by atoms with Crippen LogP contribution in [0.3, 0.4) is 0 Å². The zero-order valence-electron chi connectivity index (χ0n) is 10.4. The molecule has 0 aliphatic heterocycles. The van der Waals surface area contributed by atoms with E-state index in [1.54, 1.807) is 32.2 Å². The molecule has 0 bridgehead atoms. The normalized spacial score (nSPS) is 10.5. The molecule has 1 aromatic carbocycles. The van der Waals surface area contributed by atoms with Crippen LogP contribution in [0.1, 0.15) is 11.1 Å². The highest BCUT2D eigenvalue weighted by molar-refractivity contribution is 9.10. The Morgan fingerprint density at radius 1 is 1.26 bits per heavy atom. The lowest BCUT2D eigenvalue weighted by Crippen LogP contribution is -2.19. The average molecular weight is 323 g/mol. The van der Waals surface area contributed by atoms with Gasteiger partial charge in [0.25, 0.3) is 11.2 Å². The molecular weight excluding hydrogens is 312 g/mol. The molecule has 19 heavy (non-hydrogen) atoms. The minimum atomic E-state index is -0.437. The van der Waals surface area contributed by atoms with E-state index >= 15 is 0 Å². The summed E-state index contributed by atoms with van der Waals surface area (Å²) in [5.41, 5.74) is 1.89. The lowest BCUT2D eigenvalue weighted by Gasteiger charge is -2.12. The number of pyridine rings is 1. The summed E-state index contributed by atoms with van der Waals surface area (Å²) in [5, 5.41) is 10.8. The molecule has 6 heteroatoms. The lowest BCUT2D eigenvalue weighted by molar-refractivity contribution is -0.384. The highest BCUT2D eigenvalue weighted by atomic mass is 79.9. The predicted octanol–water partition coefficient (Wildman–Crippen LogP) is 3.13. The Labute approximate surface area is 117 Å².